The van der Waals surface area contributed by atoms with Crippen LogP contribution in [0.3, 0.4) is 0 Å². The Bertz CT molecular complexity index is 422. The molecule has 0 fully saturated rings. The molecule has 14 heavy (non-hydrogen) atoms. The third-order valence-electron chi connectivity index (χ3n) is 1.92. The summed E-state index contributed by atoms with van der Waals surface area (Å²) in [6.07, 6.45) is 2.83. The highest BCUT2D eigenvalue weighted by Crippen LogP contribution is 2.19. The number of hydrogen-bond donors (Lipinski definition) is 0. The second-order valence-corrected chi connectivity index (χ2v) is 3.41. The van der Waals surface area contributed by atoms with Crippen LogP contribution in [0.25, 0.3) is 11.1 Å². The van der Waals surface area contributed by atoms with E-state index >= 15 is 0 Å². The maximum atomic E-state index is 11.1. The van der Waals surface area contributed by atoms with E-state index in [0.29, 0.717) is 9.75 Å². The van der Waals surface area contributed by atoms with E-state index in [1.807, 2.05) is 30.3 Å². The zero-order chi connectivity index (χ0) is 9.97. The van der Waals surface area contributed by atoms with Gasteiger partial charge in [0.05, 0.1) is 0 Å². The molecule has 0 aliphatic rings. The molecular formula is C11H8ClNO. The Morgan fingerprint density at radius 1 is 1.00 bits per heavy atom. The van der Waals surface area contributed by atoms with Crippen LogP contribution in [-0.4, -0.2) is 0 Å². The maximum Gasteiger partial charge on any atom is 0.199 e. The monoisotopic (exact) mass is 205 g/mol. The summed E-state index contributed by atoms with van der Waals surface area (Å²) in [5, 5.41) is 11.6. The lowest BCUT2D eigenvalue weighted by Crippen LogP contribution is -2.24. The molecule has 0 amide bonds. The van der Waals surface area contributed by atoms with Crippen LogP contribution >= 0.6 is 11.6 Å². The van der Waals surface area contributed by atoms with E-state index in [-0.39, 0.29) is 0 Å². The van der Waals surface area contributed by atoms with Gasteiger partial charge in [-0.25, -0.2) is 0 Å². The number of nitrogens with zero attached hydrogens (tertiary/aromatic N) is 1. The van der Waals surface area contributed by atoms with Gasteiger partial charge in [-0.3, -0.25) is 0 Å². The predicted octanol–water partition coefficient (Wildman–Crippen LogP) is 2.64. The van der Waals surface area contributed by atoms with Gasteiger partial charge in [0.1, 0.15) is 5.02 Å². The summed E-state index contributed by atoms with van der Waals surface area (Å²) in [5.74, 6) is 0. The van der Waals surface area contributed by atoms with Gasteiger partial charge in [-0.1, -0.05) is 41.9 Å². The van der Waals surface area contributed by atoms with Crippen LogP contribution in [0.4, 0.5) is 0 Å². The zero-order valence-electron chi connectivity index (χ0n) is 7.35. The molecule has 0 aliphatic heterocycles. The van der Waals surface area contributed by atoms with Crippen molar-refractivity contribution in [3.8, 4) is 11.1 Å². The Labute approximate surface area is 87.0 Å². The molecule has 2 rings (SSSR count). The normalized spacial score (nSPS) is 10.1. The topological polar surface area (TPSA) is 26.9 Å². The van der Waals surface area contributed by atoms with Crippen molar-refractivity contribution in [3.05, 3.63) is 59.0 Å². The molecule has 1 heterocycles. The lowest BCUT2D eigenvalue weighted by Gasteiger charge is -2.02. The maximum absolute atomic E-state index is 11.1. The second kappa shape index (κ2) is 3.68. The highest BCUT2D eigenvalue weighted by Gasteiger charge is 2.03. The third-order valence-corrected chi connectivity index (χ3v) is 2.12. The summed E-state index contributed by atoms with van der Waals surface area (Å²) >= 11 is 5.78. The van der Waals surface area contributed by atoms with Crippen LogP contribution in [0.15, 0.2) is 48.8 Å². The lowest BCUT2D eigenvalue weighted by molar-refractivity contribution is -0.604. The van der Waals surface area contributed by atoms with Crippen LogP contribution < -0.4 is 4.73 Å². The number of hydrogen-bond acceptors (Lipinski definition) is 1. The van der Waals surface area contributed by atoms with Gasteiger partial charge in [-0.15, -0.1) is 0 Å². The number of halogens is 1. The predicted molar refractivity (Wildman–Crippen MR) is 55.8 cm³/mol. The SMILES string of the molecule is [O-][n+]1cc(Cl)cc(-c2ccccc2)c1. The van der Waals surface area contributed by atoms with Gasteiger partial charge >= 0.3 is 0 Å². The molecule has 0 atom stereocenters. The van der Waals surface area contributed by atoms with Crippen molar-refractivity contribution < 1.29 is 4.73 Å². The van der Waals surface area contributed by atoms with Gasteiger partial charge in [0.2, 0.25) is 0 Å². The minimum atomic E-state index is 0.446. The molecule has 3 heteroatoms. The van der Waals surface area contributed by atoms with Crippen molar-refractivity contribution >= 4 is 11.6 Å². The van der Waals surface area contributed by atoms with Gasteiger partial charge in [0, 0.05) is 5.56 Å². The fourth-order valence-corrected chi connectivity index (χ4v) is 1.52. The third kappa shape index (κ3) is 1.86. The Kier molecular flexibility index (Phi) is 2.37. The molecule has 1 aromatic carbocycles. The van der Waals surface area contributed by atoms with Crippen molar-refractivity contribution in [1.29, 1.82) is 0 Å². The number of benzene rings is 1. The smallest absolute Gasteiger partial charge is 0.199 e. The van der Waals surface area contributed by atoms with Crippen molar-refractivity contribution in [1.82, 2.24) is 0 Å². The Balaban J connectivity index is 2.52. The quantitative estimate of drug-likeness (QED) is 0.519. The summed E-state index contributed by atoms with van der Waals surface area (Å²) in [6.45, 7) is 0. The lowest BCUT2D eigenvalue weighted by atomic mass is 10.1. The van der Waals surface area contributed by atoms with E-state index in [2.05, 4.69) is 0 Å². The minimum absolute atomic E-state index is 0.446. The van der Waals surface area contributed by atoms with Crippen LogP contribution in [0.2, 0.25) is 5.02 Å². The highest BCUT2D eigenvalue weighted by atomic mass is 35.5. The van der Waals surface area contributed by atoms with Crippen molar-refractivity contribution in [2.45, 2.75) is 0 Å². The van der Waals surface area contributed by atoms with E-state index in [0.717, 1.165) is 11.1 Å². The average Bonchev–Trinajstić information content (AvgIpc) is 2.18. The molecule has 1 aromatic heterocycles. The summed E-state index contributed by atoms with van der Waals surface area (Å²) in [7, 11) is 0. The fraction of sp³-hybridized carbons (Fsp3) is 0. The fourth-order valence-electron chi connectivity index (χ4n) is 1.31. The molecule has 70 valence electrons. The summed E-state index contributed by atoms with van der Waals surface area (Å²) in [5.41, 5.74) is 1.81. The van der Waals surface area contributed by atoms with Crippen molar-refractivity contribution in [2.24, 2.45) is 0 Å². The van der Waals surface area contributed by atoms with E-state index in [1.54, 1.807) is 6.07 Å². The number of rotatable bonds is 1. The van der Waals surface area contributed by atoms with Crippen LogP contribution in [0.5, 0.6) is 0 Å². The summed E-state index contributed by atoms with van der Waals surface area (Å²) < 4.78 is 0.713. The van der Waals surface area contributed by atoms with Crippen LogP contribution in [-0.2, 0) is 0 Å². The molecule has 0 bridgehead atoms. The highest BCUT2D eigenvalue weighted by molar-refractivity contribution is 6.30. The Morgan fingerprint density at radius 2 is 1.71 bits per heavy atom. The molecule has 0 radical (unpaired) electrons. The first kappa shape index (κ1) is 9.03. The second-order valence-electron chi connectivity index (χ2n) is 2.97. The van der Waals surface area contributed by atoms with Gasteiger partial charge in [0.25, 0.3) is 0 Å². The minimum Gasteiger partial charge on any atom is -0.619 e. The van der Waals surface area contributed by atoms with Gasteiger partial charge in [-0.2, -0.15) is 4.73 Å². The molecule has 0 saturated heterocycles. The molecule has 0 N–H and O–H groups in total. The number of aromatic nitrogens is 1. The summed E-state index contributed by atoms with van der Waals surface area (Å²) in [4.78, 5) is 0. The van der Waals surface area contributed by atoms with E-state index < -0.39 is 0 Å². The first-order chi connectivity index (χ1) is 6.75. The van der Waals surface area contributed by atoms with E-state index in [1.165, 1.54) is 12.4 Å². The Hall–Kier alpha value is -1.54. The zero-order valence-corrected chi connectivity index (χ0v) is 8.11. The summed E-state index contributed by atoms with van der Waals surface area (Å²) in [6, 6.07) is 11.4. The molecule has 2 nitrogen and oxygen atoms in total. The van der Waals surface area contributed by atoms with Gasteiger partial charge in [0.15, 0.2) is 12.4 Å². The molecule has 0 aliphatic carbocycles. The van der Waals surface area contributed by atoms with Gasteiger partial charge in [-0.05, 0) is 11.6 Å². The largest absolute Gasteiger partial charge is 0.619 e. The first-order valence-corrected chi connectivity index (χ1v) is 4.58. The first-order valence-electron chi connectivity index (χ1n) is 4.20. The number of pyridine rings is 1. The van der Waals surface area contributed by atoms with E-state index in [9.17, 15) is 5.21 Å². The molecule has 0 spiro atoms. The average molecular weight is 206 g/mol. The van der Waals surface area contributed by atoms with Crippen LogP contribution in [0, 0.1) is 5.21 Å². The van der Waals surface area contributed by atoms with Crippen molar-refractivity contribution in [2.75, 3.05) is 0 Å². The van der Waals surface area contributed by atoms with Gasteiger partial charge < -0.3 is 5.21 Å². The molecule has 0 saturated carbocycles. The molecule has 0 unspecified atom stereocenters. The Morgan fingerprint density at radius 3 is 2.36 bits per heavy atom. The van der Waals surface area contributed by atoms with Crippen LogP contribution in [0.1, 0.15) is 0 Å². The van der Waals surface area contributed by atoms with E-state index in [4.69, 9.17) is 11.6 Å². The molecule has 2 aromatic rings. The molecular weight excluding hydrogens is 198 g/mol. The standard InChI is InChI=1S/C11H8ClNO/c12-11-6-10(7-13(14)8-11)9-4-2-1-3-5-9/h1-8H. The van der Waals surface area contributed by atoms with Crippen molar-refractivity contribution in [3.63, 3.8) is 0 Å².